The van der Waals surface area contributed by atoms with Gasteiger partial charge in [-0.25, -0.2) is 9.18 Å². The van der Waals surface area contributed by atoms with Gasteiger partial charge in [0, 0.05) is 4.90 Å². The highest BCUT2D eigenvalue weighted by atomic mass is 35.5. The molecule has 0 saturated heterocycles. The van der Waals surface area contributed by atoms with Crippen molar-refractivity contribution >= 4 is 34.4 Å². The molecule has 0 aromatic heterocycles. The molecule has 80 valence electrons. The van der Waals surface area contributed by atoms with Gasteiger partial charge in [0.25, 0.3) is 6.17 Å². The molecule has 0 amide bonds. The summed E-state index contributed by atoms with van der Waals surface area (Å²) in [7, 11) is 0. The van der Waals surface area contributed by atoms with Crippen LogP contribution in [0.1, 0.15) is 0 Å². The van der Waals surface area contributed by atoms with Crippen LogP contribution in [0.15, 0.2) is 29.2 Å². The van der Waals surface area contributed by atoms with Crippen molar-refractivity contribution in [3.05, 3.63) is 29.3 Å². The number of hydrogen-bond donors (Lipinski definition) is 1. The lowest BCUT2D eigenvalue weighted by molar-refractivity contribution is -0.145. The molecule has 1 aromatic rings. The lowest BCUT2D eigenvalue weighted by Crippen LogP contribution is -2.22. The molecular weight excluding hydrogens is 243 g/mol. The first kappa shape index (κ1) is 12.0. The molecule has 1 unspecified atom stereocenters. The fraction of sp³-hybridized carbons (Fsp3) is 0.111. The maximum atomic E-state index is 12.7. The topological polar surface area (TPSA) is 54.4 Å². The van der Waals surface area contributed by atoms with Crippen molar-refractivity contribution in [1.29, 1.82) is 0 Å². The number of hydrogen-bond acceptors (Lipinski definition) is 3. The molecule has 0 heterocycles. The summed E-state index contributed by atoms with van der Waals surface area (Å²) < 4.78 is 12.7. The van der Waals surface area contributed by atoms with Crippen molar-refractivity contribution < 1.29 is 19.1 Å². The molecule has 0 aliphatic carbocycles. The van der Waals surface area contributed by atoms with Crippen LogP contribution in [0.4, 0.5) is 4.39 Å². The van der Waals surface area contributed by atoms with E-state index in [1.807, 2.05) is 0 Å². The van der Waals surface area contributed by atoms with Crippen molar-refractivity contribution in [3.8, 4) is 0 Å². The van der Waals surface area contributed by atoms with Gasteiger partial charge in [-0.1, -0.05) is 23.7 Å². The fourth-order valence-corrected chi connectivity index (χ4v) is 1.77. The van der Waals surface area contributed by atoms with Crippen LogP contribution in [0.2, 0.25) is 5.02 Å². The zero-order chi connectivity index (χ0) is 11.4. The molecule has 1 rings (SSSR count). The SMILES string of the molecule is O=C(O)C(F)C(=O)Sc1ccccc1Cl. The molecule has 3 nitrogen and oxygen atoms in total. The number of carboxylic acid groups (broad SMARTS) is 1. The zero-order valence-electron chi connectivity index (χ0n) is 7.31. The lowest BCUT2D eigenvalue weighted by Gasteiger charge is -2.03. The molecule has 0 saturated carbocycles. The van der Waals surface area contributed by atoms with Gasteiger partial charge >= 0.3 is 5.97 Å². The standard InChI is InChI=1S/C9H6ClFO3S/c10-5-3-1-2-4-6(5)15-9(14)7(11)8(12)13/h1-4,7H,(H,12,13). The minimum atomic E-state index is -2.52. The van der Waals surface area contributed by atoms with E-state index in [1.165, 1.54) is 12.1 Å². The first-order chi connectivity index (χ1) is 7.02. The molecule has 1 atom stereocenters. The molecule has 15 heavy (non-hydrogen) atoms. The highest BCUT2D eigenvalue weighted by Gasteiger charge is 2.26. The fourth-order valence-electron chi connectivity index (χ4n) is 0.788. The third-order valence-electron chi connectivity index (χ3n) is 1.47. The maximum absolute atomic E-state index is 12.7. The summed E-state index contributed by atoms with van der Waals surface area (Å²) in [5.74, 6) is -1.79. The summed E-state index contributed by atoms with van der Waals surface area (Å²) in [6, 6.07) is 6.32. The second-order valence-electron chi connectivity index (χ2n) is 2.55. The number of benzene rings is 1. The van der Waals surface area contributed by atoms with Crippen LogP contribution in [0, 0.1) is 0 Å². The summed E-state index contributed by atoms with van der Waals surface area (Å²) in [5.41, 5.74) is 0. The van der Waals surface area contributed by atoms with Crippen molar-refractivity contribution in [2.24, 2.45) is 0 Å². The summed E-state index contributed by atoms with van der Waals surface area (Å²) in [5, 5.41) is 7.46. The van der Waals surface area contributed by atoms with Crippen LogP contribution >= 0.6 is 23.4 Å². The Morgan fingerprint density at radius 2 is 2.00 bits per heavy atom. The number of alkyl halides is 1. The number of thioether (sulfide) groups is 1. The molecule has 0 aliphatic heterocycles. The van der Waals surface area contributed by atoms with Gasteiger partial charge in [-0.3, -0.25) is 4.79 Å². The third kappa shape index (κ3) is 3.21. The highest BCUT2D eigenvalue weighted by Crippen LogP contribution is 2.28. The van der Waals surface area contributed by atoms with Crippen LogP contribution in [0.3, 0.4) is 0 Å². The number of aliphatic carboxylic acids is 1. The average Bonchev–Trinajstić information content (AvgIpc) is 2.20. The first-order valence-corrected chi connectivity index (χ1v) is 5.05. The number of halogens is 2. The van der Waals surface area contributed by atoms with Gasteiger partial charge in [0.1, 0.15) is 0 Å². The largest absolute Gasteiger partial charge is 0.479 e. The Hall–Kier alpha value is -1.07. The second-order valence-corrected chi connectivity index (χ2v) is 4.01. The van der Waals surface area contributed by atoms with Gasteiger partial charge in [0.2, 0.25) is 5.12 Å². The molecule has 0 fully saturated rings. The Labute approximate surface area is 94.2 Å². The molecule has 0 bridgehead atoms. The van der Waals surface area contributed by atoms with Gasteiger partial charge in [0.05, 0.1) is 5.02 Å². The summed E-state index contributed by atoms with van der Waals surface area (Å²) >= 11 is 6.19. The van der Waals surface area contributed by atoms with E-state index in [0.29, 0.717) is 16.7 Å². The van der Waals surface area contributed by atoms with E-state index < -0.39 is 17.3 Å². The molecule has 1 N–H and O–H groups in total. The van der Waals surface area contributed by atoms with E-state index in [9.17, 15) is 14.0 Å². The predicted molar refractivity (Wildman–Crippen MR) is 54.8 cm³/mol. The Morgan fingerprint density at radius 3 is 2.53 bits per heavy atom. The van der Waals surface area contributed by atoms with E-state index in [4.69, 9.17) is 16.7 Å². The second kappa shape index (κ2) is 5.14. The minimum Gasteiger partial charge on any atom is -0.479 e. The van der Waals surface area contributed by atoms with E-state index >= 15 is 0 Å². The van der Waals surface area contributed by atoms with Gasteiger partial charge in [-0.05, 0) is 23.9 Å². The van der Waals surface area contributed by atoms with Crippen molar-refractivity contribution in [1.82, 2.24) is 0 Å². The smallest absolute Gasteiger partial charge is 0.347 e. The van der Waals surface area contributed by atoms with E-state index in [-0.39, 0.29) is 5.02 Å². The maximum Gasteiger partial charge on any atom is 0.347 e. The highest BCUT2D eigenvalue weighted by molar-refractivity contribution is 8.14. The average molecular weight is 249 g/mol. The van der Waals surface area contributed by atoms with Crippen molar-refractivity contribution in [3.63, 3.8) is 0 Å². The van der Waals surface area contributed by atoms with Gasteiger partial charge < -0.3 is 5.11 Å². The number of carbonyl (C=O) groups is 2. The molecule has 1 aromatic carbocycles. The zero-order valence-corrected chi connectivity index (χ0v) is 8.89. The molecule has 0 spiro atoms. The van der Waals surface area contributed by atoms with Gasteiger partial charge in [-0.2, -0.15) is 0 Å². The number of rotatable bonds is 3. The predicted octanol–water partition coefficient (Wildman–Crippen LogP) is 2.38. The van der Waals surface area contributed by atoms with Crippen LogP contribution in [0.5, 0.6) is 0 Å². The quantitative estimate of drug-likeness (QED) is 0.659. The molecule has 0 aliphatic rings. The van der Waals surface area contributed by atoms with Crippen LogP contribution in [-0.2, 0) is 9.59 Å². The van der Waals surface area contributed by atoms with E-state index in [2.05, 4.69) is 0 Å². The van der Waals surface area contributed by atoms with E-state index in [0.717, 1.165) is 0 Å². The summed E-state index contributed by atoms with van der Waals surface area (Å²) in [6.07, 6.45) is -2.52. The summed E-state index contributed by atoms with van der Waals surface area (Å²) in [4.78, 5) is 21.6. The Bertz CT molecular complexity index is 397. The molecule has 6 heteroatoms. The van der Waals surface area contributed by atoms with Crippen LogP contribution in [0.25, 0.3) is 0 Å². The van der Waals surface area contributed by atoms with E-state index in [1.54, 1.807) is 12.1 Å². The molecule has 0 radical (unpaired) electrons. The Balaban J connectivity index is 2.75. The van der Waals surface area contributed by atoms with Gasteiger partial charge in [-0.15, -0.1) is 0 Å². The lowest BCUT2D eigenvalue weighted by atomic mass is 10.4. The first-order valence-electron chi connectivity index (χ1n) is 3.85. The van der Waals surface area contributed by atoms with Gasteiger partial charge in [0.15, 0.2) is 0 Å². The monoisotopic (exact) mass is 248 g/mol. The number of carboxylic acids is 1. The summed E-state index contributed by atoms with van der Waals surface area (Å²) in [6.45, 7) is 0. The van der Waals surface area contributed by atoms with Crippen LogP contribution in [-0.4, -0.2) is 22.4 Å². The Morgan fingerprint density at radius 1 is 1.40 bits per heavy atom. The Kier molecular flexibility index (Phi) is 4.11. The minimum absolute atomic E-state index is 0.286. The van der Waals surface area contributed by atoms with Crippen LogP contribution < -0.4 is 0 Å². The molecular formula is C9H6ClFO3S. The normalized spacial score (nSPS) is 12.1. The third-order valence-corrected chi connectivity index (χ3v) is 2.90. The van der Waals surface area contributed by atoms with Crippen molar-refractivity contribution in [2.75, 3.05) is 0 Å². The number of carbonyl (C=O) groups excluding carboxylic acids is 1. The van der Waals surface area contributed by atoms with Crippen molar-refractivity contribution in [2.45, 2.75) is 11.1 Å².